The maximum Gasteiger partial charge on any atom is 0.410 e. The van der Waals surface area contributed by atoms with Gasteiger partial charge in [-0.05, 0) is 52.5 Å². The summed E-state index contributed by atoms with van der Waals surface area (Å²) in [6, 6.07) is -1.11. The van der Waals surface area contributed by atoms with Crippen molar-refractivity contribution in [2.45, 2.75) is 92.2 Å². The number of amides is 1. The first-order valence-corrected chi connectivity index (χ1v) is 9.57. The average Bonchev–Trinajstić information content (AvgIpc) is 2.45. The van der Waals surface area contributed by atoms with Crippen LogP contribution in [-0.4, -0.2) is 47.4 Å². The summed E-state index contributed by atoms with van der Waals surface area (Å²) in [5.74, 6) is -0.675. The van der Waals surface area contributed by atoms with Gasteiger partial charge in [-0.15, -0.1) is 0 Å². The van der Waals surface area contributed by atoms with Crippen molar-refractivity contribution in [1.29, 1.82) is 0 Å². The molecule has 0 aromatic heterocycles. The zero-order chi connectivity index (χ0) is 22.5. The van der Waals surface area contributed by atoms with Gasteiger partial charge in [0.15, 0.2) is 0 Å². The molecule has 0 bridgehead atoms. The molecule has 0 saturated carbocycles. The van der Waals surface area contributed by atoms with E-state index in [0.29, 0.717) is 0 Å². The molecule has 0 radical (unpaired) electrons. The SMILES string of the molecule is C=C/C=C(\C(C)OC(=O)[C@H](CC(C)(C)F)N(C)C(=O)OC(C)(C)C)C(C)(C)C. The molecule has 0 heterocycles. The number of alkyl halides is 1. The van der Waals surface area contributed by atoms with Crippen molar-refractivity contribution in [3.8, 4) is 0 Å². The van der Waals surface area contributed by atoms with Crippen LogP contribution < -0.4 is 0 Å². The van der Waals surface area contributed by atoms with Gasteiger partial charge in [0, 0.05) is 13.5 Å². The summed E-state index contributed by atoms with van der Waals surface area (Å²) in [5, 5.41) is 0. The van der Waals surface area contributed by atoms with Crippen LogP contribution in [0.25, 0.3) is 0 Å². The minimum atomic E-state index is -1.67. The highest BCUT2D eigenvalue weighted by Crippen LogP contribution is 2.30. The lowest BCUT2D eigenvalue weighted by molar-refractivity contribution is -0.154. The summed E-state index contributed by atoms with van der Waals surface area (Å²) >= 11 is 0. The van der Waals surface area contributed by atoms with E-state index in [1.807, 2.05) is 26.8 Å². The highest BCUT2D eigenvalue weighted by molar-refractivity contribution is 5.81. The molecule has 1 amide bonds. The number of carbonyl (C=O) groups is 2. The molecule has 0 rings (SSSR count). The maximum absolute atomic E-state index is 14.4. The van der Waals surface area contributed by atoms with E-state index in [-0.39, 0.29) is 11.8 Å². The number of esters is 1. The Bertz CT molecular complexity index is 591. The minimum Gasteiger partial charge on any atom is -0.457 e. The largest absolute Gasteiger partial charge is 0.457 e. The summed E-state index contributed by atoms with van der Waals surface area (Å²) in [4.78, 5) is 26.4. The van der Waals surface area contributed by atoms with E-state index in [4.69, 9.17) is 9.47 Å². The topological polar surface area (TPSA) is 55.8 Å². The molecular formula is C22H38FNO4. The molecule has 0 aliphatic rings. The molecule has 1 unspecified atom stereocenters. The Labute approximate surface area is 169 Å². The first-order chi connectivity index (χ1) is 12.4. The standard InChI is InChI=1S/C22H38FNO4/c1-12-13-16(20(3,4)5)15(2)27-18(25)17(14-22(9,10)23)24(11)19(26)28-21(6,7)8/h12-13,15,17H,1,14H2,2-11H3/b16-13+/t15?,17-/m0/s1. The van der Waals surface area contributed by atoms with E-state index in [1.54, 1.807) is 33.8 Å². The summed E-state index contributed by atoms with van der Waals surface area (Å²) in [6.45, 7) is 19.4. The Kier molecular flexibility index (Phi) is 8.94. The van der Waals surface area contributed by atoms with Crippen LogP contribution in [0.3, 0.4) is 0 Å². The quantitative estimate of drug-likeness (QED) is 0.422. The molecule has 28 heavy (non-hydrogen) atoms. The van der Waals surface area contributed by atoms with Gasteiger partial charge in [-0.3, -0.25) is 4.90 Å². The fourth-order valence-corrected chi connectivity index (χ4v) is 2.74. The molecule has 6 heteroatoms. The van der Waals surface area contributed by atoms with Crippen molar-refractivity contribution >= 4 is 12.1 Å². The highest BCUT2D eigenvalue weighted by Gasteiger charge is 2.37. The van der Waals surface area contributed by atoms with E-state index in [9.17, 15) is 14.0 Å². The predicted molar refractivity (Wildman–Crippen MR) is 111 cm³/mol. The van der Waals surface area contributed by atoms with Gasteiger partial charge in [-0.2, -0.15) is 0 Å². The van der Waals surface area contributed by atoms with Crippen LogP contribution in [0.2, 0.25) is 0 Å². The number of rotatable bonds is 7. The van der Waals surface area contributed by atoms with Gasteiger partial charge in [0.05, 0.1) is 0 Å². The van der Waals surface area contributed by atoms with Crippen LogP contribution in [-0.2, 0) is 14.3 Å². The predicted octanol–water partition coefficient (Wildman–Crippen LogP) is 5.45. The molecule has 0 aliphatic heterocycles. The third kappa shape index (κ3) is 9.38. The van der Waals surface area contributed by atoms with E-state index in [1.165, 1.54) is 20.9 Å². The lowest BCUT2D eigenvalue weighted by Crippen LogP contribution is -2.48. The van der Waals surface area contributed by atoms with Crippen LogP contribution in [0.1, 0.15) is 68.7 Å². The van der Waals surface area contributed by atoms with Gasteiger partial charge in [-0.25, -0.2) is 14.0 Å². The lowest BCUT2D eigenvalue weighted by Gasteiger charge is -2.34. The average molecular weight is 400 g/mol. The highest BCUT2D eigenvalue weighted by atomic mass is 19.1. The normalized spacial score (nSPS) is 15.5. The molecule has 2 atom stereocenters. The first kappa shape index (κ1) is 26.1. The van der Waals surface area contributed by atoms with E-state index in [0.717, 1.165) is 10.5 Å². The van der Waals surface area contributed by atoms with Crippen LogP contribution in [0.15, 0.2) is 24.3 Å². The Hall–Kier alpha value is -1.85. The number of carbonyl (C=O) groups excluding carboxylic acids is 2. The number of nitrogens with zero attached hydrogens (tertiary/aromatic N) is 1. The minimum absolute atomic E-state index is 0.204. The maximum atomic E-state index is 14.4. The molecule has 0 saturated heterocycles. The number of hydrogen-bond donors (Lipinski definition) is 0. The van der Waals surface area contributed by atoms with Crippen molar-refractivity contribution < 1.29 is 23.5 Å². The summed E-state index contributed by atoms with van der Waals surface area (Å²) in [7, 11) is 1.42. The fraction of sp³-hybridized carbons (Fsp3) is 0.727. The van der Waals surface area contributed by atoms with E-state index in [2.05, 4.69) is 6.58 Å². The second kappa shape index (κ2) is 9.57. The van der Waals surface area contributed by atoms with Crippen LogP contribution in [0.4, 0.5) is 9.18 Å². The van der Waals surface area contributed by atoms with Gasteiger partial charge in [-0.1, -0.05) is 39.5 Å². The van der Waals surface area contributed by atoms with Crippen molar-refractivity contribution in [3.05, 3.63) is 24.3 Å². The molecule has 5 nitrogen and oxygen atoms in total. The van der Waals surface area contributed by atoms with E-state index < -0.39 is 35.5 Å². The fourth-order valence-electron chi connectivity index (χ4n) is 2.74. The molecule has 0 aromatic rings. The van der Waals surface area contributed by atoms with E-state index >= 15 is 0 Å². The number of likely N-dealkylation sites (N-methyl/N-ethyl adjacent to an activating group) is 1. The summed E-state index contributed by atoms with van der Waals surface area (Å²) in [5.41, 5.74) is -1.79. The Morgan fingerprint density at radius 3 is 1.96 bits per heavy atom. The third-order valence-electron chi connectivity index (χ3n) is 3.99. The Morgan fingerprint density at radius 1 is 1.11 bits per heavy atom. The zero-order valence-electron chi connectivity index (χ0n) is 19.2. The van der Waals surface area contributed by atoms with Crippen molar-refractivity contribution in [2.24, 2.45) is 5.41 Å². The Balaban J connectivity index is 5.62. The third-order valence-corrected chi connectivity index (χ3v) is 3.99. The number of allylic oxidation sites excluding steroid dienone is 2. The second-order valence-corrected chi connectivity index (χ2v) is 9.72. The second-order valence-electron chi connectivity index (χ2n) is 9.72. The van der Waals surface area contributed by atoms with Gasteiger partial charge in [0.2, 0.25) is 0 Å². The molecule has 0 spiro atoms. The molecule has 162 valence electrons. The zero-order valence-corrected chi connectivity index (χ0v) is 19.2. The van der Waals surface area contributed by atoms with Gasteiger partial charge in [0.25, 0.3) is 0 Å². The smallest absolute Gasteiger partial charge is 0.410 e. The summed E-state index contributed by atoms with van der Waals surface area (Å²) in [6.07, 6.45) is 1.99. The van der Waals surface area contributed by atoms with Crippen molar-refractivity contribution in [2.75, 3.05) is 7.05 Å². The molecule has 0 fully saturated rings. The Morgan fingerprint density at radius 2 is 1.61 bits per heavy atom. The van der Waals surface area contributed by atoms with Gasteiger partial charge >= 0.3 is 12.1 Å². The lowest BCUT2D eigenvalue weighted by atomic mass is 9.83. The van der Waals surface area contributed by atoms with Crippen LogP contribution >= 0.6 is 0 Å². The van der Waals surface area contributed by atoms with Crippen LogP contribution in [0.5, 0.6) is 0 Å². The molecule has 0 aliphatic carbocycles. The van der Waals surface area contributed by atoms with Crippen molar-refractivity contribution in [1.82, 2.24) is 4.90 Å². The summed E-state index contributed by atoms with van der Waals surface area (Å²) < 4.78 is 25.3. The molecule has 0 aromatic carbocycles. The van der Waals surface area contributed by atoms with Crippen LogP contribution in [0, 0.1) is 5.41 Å². The number of halogens is 1. The number of hydrogen-bond acceptors (Lipinski definition) is 4. The molecule has 0 N–H and O–H groups in total. The van der Waals surface area contributed by atoms with Gasteiger partial charge in [0.1, 0.15) is 23.4 Å². The molecular weight excluding hydrogens is 361 g/mol. The first-order valence-electron chi connectivity index (χ1n) is 9.57. The van der Waals surface area contributed by atoms with Crippen molar-refractivity contribution in [3.63, 3.8) is 0 Å². The van der Waals surface area contributed by atoms with Gasteiger partial charge < -0.3 is 9.47 Å². The number of ether oxygens (including phenoxy) is 2. The monoisotopic (exact) mass is 399 g/mol.